The molecule has 4 N–H and O–H groups in total. The predicted molar refractivity (Wildman–Crippen MR) is 46.3 cm³/mol. The smallest absolute Gasteiger partial charge is 0.344 e. The van der Waals surface area contributed by atoms with E-state index in [2.05, 4.69) is 0 Å². The van der Waals surface area contributed by atoms with Gasteiger partial charge >= 0.3 is 27.2 Å². The molecule has 0 heterocycles. The summed E-state index contributed by atoms with van der Waals surface area (Å²) in [6, 6.07) is 0. The van der Waals surface area contributed by atoms with Gasteiger partial charge in [-0.2, -0.15) is 34.8 Å². The Morgan fingerprint density at radius 1 is 1.06 bits per heavy atom. The van der Waals surface area contributed by atoms with E-state index in [1.54, 1.807) is 0 Å². The first kappa shape index (κ1) is 18.8. The summed E-state index contributed by atoms with van der Waals surface area (Å²) in [5.74, 6) is -11.4. The van der Waals surface area contributed by atoms with Crippen LogP contribution < -0.4 is 6.15 Å². The third-order valence-corrected chi connectivity index (χ3v) is 2.62. The summed E-state index contributed by atoms with van der Waals surface area (Å²) in [6.45, 7) is 1.02. The summed E-state index contributed by atoms with van der Waals surface area (Å²) in [7, 11) is -6.62. The first-order chi connectivity index (χ1) is 6.81. The molecule has 0 radical (unpaired) electrons. The van der Waals surface area contributed by atoms with E-state index in [1.807, 2.05) is 0 Å². The molecular formula is C6H11F6NO3S. The molecule has 11 heteroatoms. The van der Waals surface area contributed by atoms with Crippen LogP contribution in [0.3, 0.4) is 0 Å². The van der Waals surface area contributed by atoms with Gasteiger partial charge in [-0.25, -0.2) is 0 Å². The monoisotopic (exact) mass is 291 g/mol. The van der Waals surface area contributed by atoms with Crippen molar-refractivity contribution >= 4 is 10.1 Å². The SMILES string of the molecule is CCCC(F)(F)C(F)(F)C(F)(F)S(=O)(=O)O.N. The molecule has 4 nitrogen and oxygen atoms in total. The van der Waals surface area contributed by atoms with Crippen molar-refractivity contribution in [1.82, 2.24) is 6.15 Å². The van der Waals surface area contributed by atoms with Gasteiger partial charge in [-0.1, -0.05) is 13.3 Å². The van der Waals surface area contributed by atoms with E-state index in [1.165, 1.54) is 0 Å². The first-order valence-electron chi connectivity index (χ1n) is 3.91. The number of alkyl halides is 6. The van der Waals surface area contributed by atoms with Gasteiger partial charge in [0.05, 0.1) is 0 Å². The zero-order valence-electron chi connectivity index (χ0n) is 8.56. The lowest BCUT2D eigenvalue weighted by Gasteiger charge is -2.30. The Labute approximate surface area is 93.3 Å². The Hall–Kier alpha value is -0.550. The molecule has 0 spiro atoms. The lowest BCUT2D eigenvalue weighted by molar-refractivity contribution is -0.282. The van der Waals surface area contributed by atoms with Crippen molar-refractivity contribution < 1.29 is 39.3 Å². The molecule has 0 amide bonds. The quantitative estimate of drug-likeness (QED) is 0.602. The minimum atomic E-state index is -6.62. The standard InChI is InChI=1S/C6H8F6O3S.H3N/c1-2-3-4(7,8)5(9,10)6(11,12)16(13,14)15;/h2-3H2,1H3,(H,13,14,15);1H3. The molecule has 0 saturated carbocycles. The highest BCUT2D eigenvalue weighted by atomic mass is 32.2. The zero-order chi connectivity index (χ0) is 13.4. The van der Waals surface area contributed by atoms with E-state index < -0.39 is 40.1 Å². The van der Waals surface area contributed by atoms with Crippen LogP contribution in [0.2, 0.25) is 0 Å². The van der Waals surface area contributed by atoms with Crippen molar-refractivity contribution in [3.05, 3.63) is 0 Å². The van der Waals surface area contributed by atoms with Crippen molar-refractivity contribution in [3.8, 4) is 0 Å². The minimum Gasteiger partial charge on any atom is -0.344 e. The molecule has 0 aromatic heterocycles. The molecule has 0 saturated heterocycles. The summed E-state index contributed by atoms with van der Waals surface area (Å²) < 4.78 is 103. The average Bonchev–Trinajstić information content (AvgIpc) is 2.01. The Bertz CT molecular complexity index is 355. The van der Waals surface area contributed by atoms with E-state index in [-0.39, 0.29) is 6.15 Å². The molecule has 0 aromatic rings. The van der Waals surface area contributed by atoms with Crippen LogP contribution in [0, 0.1) is 0 Å². The fraction of sp³-hybridized carbons (Fsp3) is 1.00. The van der Waals surface area contributed by atoms with E-state index >= 15 is 0 Å². The van der Waals surface area contributed by atoms with Gasteiger partial charge in [-0.15, -0.1) is 0 Å². The summed E-state index contributed by atoms with van der Waals surface area (Å²) in [6.07, 6.45) is -2.20. The molecule has 0 bridgehead atoms. The Morgan fingerprint density at radius 3 is 1.65 bits per heavy atom. The van der Waals surface area contributed by atoms with Gasteiger partial charge in [-0.3, -0.25) is 4.55 Å². The van der Waals surface area contributed by atoms with Crippen LogP contribution in [0.1, 0.15) is 19.8 Å². The van der Waals surface area contributed by atoms with Crippen molar-refractivity contribution in [3.63, 3.8) is 0 Å². The second kappa shape index (κ2) is 4.98. The maximum Gasteiger partial charge on any atom is 0.437 e. The average molecular weight is 291 g/mol. The molecule has 0 aliphatic heterocycles. The maximum absolute atomic E-state index is 12.6. The number of hydrogen-bond acceptors (Lipinski definition) is 3. The third kappa shape index (κ3) is 3.01. The molecule has 0 atom stereocenters. The molecular weight excluding hydrogens is 280 g/mol. The lowest BCUT2D eigenvalue weighted by atomic mass is 10.1. The minimum absolute atomic E-state index is 0. The van der Waals surface area contributed by atoms with Crippen molar-refractivity contribution in [2.75, 3.05) is 0 Å². The van der Waals surface area contributed by atoms with Gasteiger partial charge in [0, 0.05) is 6.42 Å². The summed E-state index contributed by atoms with van der Waals surface area (Å²) in [4.78, 5) is 0. The second-order valence-electron chi connectivity index (χ2n) is 3.02. The molecule has 0 aliphatic rings. The summed E-state index contributed by atoms with van der Waals surface area (Å²) >= 11 is 0. The number of halogens is 6. The highest BCUT2D eigenvalue weighted by Crippen LogP contribution is 2.49. The van der Waals surface area contributed by atoms with Crippen molar-refractivity contribution in [2.24, 2.45) is 0 Å². The van der Waals surface area contributed by atoms with Crippen LogP contribution >= 0.6 is 0 Å². The largest absolute Gasteiger partial charge is 0.437 e. The number of rotatable bonds is 5. The second-order valence-corrected chi connectivity index (χ2v) is 4.48. The highest BCUT2D eigenvalue weighted by Gasteiger charge is 2.76. The first-order valence-corrected chi connectivity index (χ1v) is 5.35. The van der Waals surface area contributed by atoms with E-state index in [4.69, 9.17) is 4.55 Å². The van der Waals surface area contributed by atoms with Gasteiger partial charge in [0.1, 0.15) is 0 Å². The van der Waals surface area contributed by atoms with Crippen LogP contribution in [0.5, 0.6) is 0 Å². The fourth-order valence-corrected chi connectivity index (χ4v) is 1.32. The van der Waals surface area contributed by atoms with Gasteiger partial charge in [0.25, 0.3) is 0 Å². The summed E-state index contributed by atoms with van der Waals surface area (Å²) in [5.41, 5.74) is 0. The van der Waals surface area contributed by atoms with Crippen LogP contribution in [0.15, 0.2) is 0 Å². The Balaban J connectivity index is 0. The lowest BCUT2D eigenvalue weighted by Crippen LogP contribution is -2.57. The van der Waals surface area contributed by atoms with Crippen LogP contribution in [-0.2, 0) is 10.1 Å². The van der Waals surface area contributed by atoms with Crippen LogP contribution in [0.4, 0.5) is 26.3 Å². The maximum atomic E-state index is 12.6. The Morgan fingerprint density at radius 2 is 1.41 bits per heavy atom. The molecule has 0 aromatic carbocycles. The van der Waals surface area contributed by atoms with Gasteiger partial charge in [0.2, 0.25) is 0 Å². The third-order valence-electron chi connectivity index (χ3n) is 1.71. The zero-order valence-corrected chi connectivity index (χ0v) is 9.38. The summed E-state index contributed by atoms with van der Waals surface area (Å²) in [5, 5.41) is -6.24. The van der Waals surface area contributed by atoms with E-state index in [9.17, 15) is 34.8 Å². The molecule has 0 fully saturated rings. The van der Waals surface area contributed by atoms with Crippen LogP contribution in [-0.4, -0.2) is 30.1 Å². The Kier molecular flexibility index (Phi) is 5.51. The van der Waals surface area contributed by atoms with Gasteiger partial charge < -0.3 is 6.15 Å². The van der Waals surface area contributed by atoms with Crippen molar-refractivity contribution in [1.29, 1.82) is 0 Å². The predicted octanol–water partition coefficient (Wildman–Crippen LogP) is 2.70. The molecule has 106 valence electrons. The normalized spacial score (nSPS) is 14.4. The molecule has 0 rings (SSSR count). The van der Waals surface area contributed by atoms with Crippen molar-refractivity contribution in [2.45, 2.75) is 36.9 Å². The number of hydrogen-bond donors (Lipinski definition) is 2. The van der Waals surface area contributed by atoms with E-state index in [0.29, 0.717) is 0 Å². The molecule has 0 aliphatic carbocycles. The molecule has 0 unspecified atom stereocenters. The highest BCUT2D eigenvalue weighted by molar-refractivity contribution is 7.87. The fourth-order valence-electron chi connectivity index (χ4n) is 0.846. The topological polar surface area (TPSA) is 89.4 Å². The van der Waals surface area contributed by atoms with Gasteiger partial charge in [-0.05, 0) is 0 Å². The van der Waals surface area contributed by atoms with E-state index in [0.717, 1.165) is 6.92 Å². The van der Waals surface area contributed by atoms with Gasteiger partial charge in [0.15, 0.2) is 0 Å². The van der Waals surface area contributed by atoms with Crippen LogP contribution in [0.25, 0.3) is 0 Å². The molecule has 17 heavy (non-hydrogen) atoms.